The quantitative estimate of drug-likeness (QED) is 0.626. The third-order valence-electron chi connectivity index (χ3n) is 1.09. The second-order valence-corrected chi connectivity index (χ2v) is 7.21. The van der Waals surface area contributed by atoms with Crippen molar-refractivity contribution in [1.29, 1.82) is 0 Å². The van der Waals surface area contributed by atoms with Gasteiger partial charge < -0.3 is 0 Å². The minimum atomic E-state index is 0.0579. The first kappa shape index (κ1) is 12.0. The number of hydrogen-bond acceptors (Lipinski definition) is 2. The Morgan fingerprint density at radius 3 is 1.75 bits per heavy atom. The first-order valence-electron chi connectivity index (χ1n) is 4.32. The van der Waals surface area contributed by atoms with Gasteiger partial charge in [0.15, 0.2) is 5.12 Å². The molecule has 0 heterocycles. The van der Waals surface area contributed by atoms with Crippen LogP contribution in [0.4, 0.5) is 0 Å². The molecule has 0 fully saturated rings. The Morgan fingerprint density at radius 1 is 1.08 bits per heavy atom. The number of carbonyl (C=O) groups is 1. The maximum atomic E-state index is 11.4. The van der Waals surface area contributed by atoms with E-state index in [0.29, 0.717) is 11.5 Å². The van der Waals surface area contributed by atoms with E-state index in [4.69, 9.17) is 0 Å². The molecule has 12 heavy (non-hydrogen) atoms. The molecule has 0 saturated carbocycles. The Labute approximate surface area is 80.3 Å². The molecule has 1 nitrogen and oxygen atoms in total. The molecule has 0 atom stereocenters. The lowest BCUT2D eigenvalue weighted by atomic mass is 9.93. The molecule has 0 aromatic rings. The number of thioether (sulfide) groups is 1. The first-order chi connectivity index (χ1) is 5.10. The summed E-state index contributed by atoms with van der Waals surface area (Å²) in [7, 11) is 0. The van der Waals surface area contributed by atoms with Gasteiger partial charge in [0.05, 0.1) is 0 Å². The minimum Gasteiger partial charge on any atom is -0.287 e. The lowest BCUT2D eigenvalue weighted by Gasteiger charge is -2.21. The number of rotatable bonds is 1. The van der Waals surface area contributed by atoms with Crippen LogP contribution in [0, 0.1) is 5.41 Å². The van der Waals surface area contributed by atoms with Crippen LogP contribution in [0.2, 0.25) is 0 Å². The van der Waals surface area contributed by atoms with E-state index in [9.17, 15) is 4.79 Å². The van der Waals surface area contributed by atoms with Gasteiger partial charge in [-0.2, -0.15) is 0 Å². The van der Waals surface area contributed by atoms with E-state index < -0.39 is 0 Å². The maximum absolute atomic E-state index is 11.4. The molecule has 0 N–H and O–H groups in total. The number of carbonyl (C=O) groups excluding carboxylic acids is 1. The second-order valence-electron chi connectivity index (χ2n) is 5.32. The largest absolute Gasteiger partial charge is 0.287 e. The van der Waals surface area contributed by atoms with E-state index in [1.807, 2.05) is 0 Å². The van der Waals surface area contributed by atoms with Gasteiger partial charge in [0, 0.05) is 11.2 Å². The van der Waals surface area contributed by atoms with Crippen molar-refractivity contribution < 1.29 is 4.79 Å². The minimum absolute atomic E-state index is 0.0579. The Balaban J connectivity index is 3.92. The van der Waals surface area contributed by atoms with Crippen LogP contribution >= 0.6 is 11.8 Å². The third kappa shape index (κ3) is 8.12. The molecule has 0 aliphatic rings. The lowest BCUT2D eigenvalue weighted by molar-refractivity contribution is -0.112. The van der Waals surface area contributed by atoms with Crippen LogP contribution in [0.3, 0.4) is 0 Å². The van der Waals surface area contributed by atoms with Gasteiger partial charge in [0.25, 0.3) is 0 Å². The summed E-state index contributed by atoms with van der Waals surface area (Å²) in [5.74, 6) is 0. The highest BCUT2D eigenvalue weighted by atomic mass is 32.2. The normalized spacial score (nSPS) is 13.2. The summed E-state index contributed by atoms with van der Waals surface area (Å²) in [6.45, 7) is 12.5. The van der Waals surface area contributed by atoms with Crippen LogP contribution in [0.25, 0.3) is 0 Å². The van der Waals surface area contributed by atoms with Crippen LogP contribution in [0.15, 0.2) is 0 Å². The molecule has 72 valence electrons. The predicted molar refractivity (Wildman–Crippen MR) is 56.4 cm³/mol. The van der Waals surface area contributed by atoms with Gasteiger partial charge >= 0.3 is 0 Å². The van der Waals surface area contributed by atoms with Gasteiger partial charge in [-0.3, -0.25) is 4.79 Å². The molecule has 0 aromatic carbocycles. The van der Waals surface area contributed by atoms with E-state index in [1.54, 1.807) is 0 Å². The Bertz CT molecular complexity index is 142. The molecule has 0 radical (unpaired) electrons. The molecule has 0 amide bonds. The third-order valence-corrected chi connectivity index (χ3v) is 2.08. The van der Waals surface area contributed by atoms with Crippen molar-refractivity contribution in [2.45, 2.75) is 52.7 Å². The summed E-state index contributed by atoms with van der Waals surface area (Å²) >= 11 is 1.44. The van der Waals surface area contributed by atoms with Crippen LogP contribution in [-0.2, 0) is 4.79 Å². The Morgan fingerprint density at radius 2 is 1.50 bits per heavy atom. The summed E-state index contributed by atoms with van der Waals surface area (Å²) in [5.41, 5.74) is 0.120. The van der Waals surface area contributed by atoms with E-state index >= 15 is 0 Å². The van der Waals surface area contributed by atoms with Crippen molar-refractivity contribution in [3.8, 4) is 0 Å². The van der Waals surface area contributed by atoms with Crippen LogP contribution < -0.4 is 0 Å². The average Bonchev–Trinajstić information content (AvgIpc) is 1.49. The van der Waals surface area contributed by atoms with Crippen molar-refractivity contribution in [2.75, 3.05) is 0 Å². The highest BCUT2D eigenvalue weighted by Gasteiger charge is 2.21. The summed E-state index contributed by atoms with van der Waals surface area (Å²) in [6, 6.07) is 0. The molecular weight excluding hydrogens is 168 g/mol. The Kier molecular flexibility index (Phi) is 3.83. The van der Waals surface area contributed by atoms with Gasteiger partial charge in [-0.15, -0.1) is 0 Å². The first-order valence-corrected chi connectivity index (χ1v) is 5.14. The molecule has 0 saturated heterocycles. The fraction of sp³-hybridized carbons (Fsp3) is 0.900. The van der Waals surface area contributed by atoms with Gasteiger partial charge in [-0.05, 0) is 5.41 Å². The molecule has 0 aromatic heterocycles. The van der Waals surface area contributed by atoms with E-state index in [2.05, 4.69) is 41.5 Å². The van der Waals surface area contributed by atoms with Gasteiger partial charge in [-0.25, -0.2) is 0 Å². The molecule has 0 aliphatic heterocycles. The summed E-state index contributed by atoms with van der Waals surface area (Å²) in [6.07, 6.45) is 0.662. The molecule has 0 rings (SSSR count). The standard InChI is InChI=1S/C10H20OS/c1-9(2,3)7-8(11)12-10(4,5)6/h7H2,1-6H3. The zero-order chi connectivity index (χ0) is 9.99. The molecule has 0 aliphatic carbocycles. The SMILES string of the molecule is CC(C)(C)CC(=O)SC(C)(C)C. The fourth-order valence-corrected chi connectivity index (χ4v) is 2.00. The molecule has 0 unspecified atom stereocenters. The smallest absolute Gasteiger partial charge is 0.189 e. The number of hydrogen-bond donors (Lipinski definition) is 0. The van der Waals surface area contributed by atoms with Gasteiger partial charge in [0.1, 0.15) is 0 Å². The van der Waals surface area contributed by atoms with Crippen LogP contribution in [-0.4, -0.2) is 9.86 Å². The van der Waals surface area contributed by atoms with Gasteiger partial charge in [-0.1, -0.05) is 53.3 Å². The lowest BCUT2D eigenvalue weighted by Crippen LogP contribution is -2.16. The van der Waals surface area contributed by atoms with E-state index in [1.165, 1.54) is 11.8 Å². The van der Waals surface area contributed by atoms with E-state index in [0.717, 1.165) is 0 Å². The van der Waals surface area contributed by atoms with Crippen LogP contribution in [0.5, 0.6) is 0 Å². The van der Waals surface area contributed by atoms with Crippen molar-refractivity contribution in [1.82, 2.24) is 0 Å². The summed E-state index contributed by atoms with van der Waals surface area (Å²) in [5, 5.41) is 0.301. The topological polar surface area (TPSA) is 17.1 Å². The van der Waals surface area contributed by atoms with Crippen LogP contribution in [0.1, 0.15) is 48.0 Å². The highest BCUT2D eigenvalue weighted by molar-refractivity contribution is 8.14. The molecular formula is C10H20OS. The van der Waals surface area contributed by atoms with Crippen molar-refractivity contribution in [2.24, 2.45) is 5.41 Å². The fourth-order valence-electron chi connectivity index (χ4n) is 0.811. The molecule has 2 heteroatoms. The zero-order valence-corrected chi connectivity index (χ0v) is 9.84. The van der Waals surface area contributed by atoms with Crippen molar-refractivity contribution in [3.05, 3.63) is 0 Å². The monoisotopic (exact) mass is 188 g/mol. The molecule has 0 spiro atoms. The predicted octanol–water partition coefficient (Wildman–Crippen LogP) is 3.48. The molecule has 0 bridgehead atoms. The summed E-state index contributed by atoms with van der Waals surface area (Å²) in [4.78, 5) is 11.4. The zero-order valence-electron chi connectivity index (χ0n) is 9.02. The highest BCUT2D eigenvalue weighted by Crippen LogP contribution is 2.29. The van der Waals surface area contributed by atoms with E-state index in [-0.39, 0.29) is 10.2 Å². The maximum Gasteiger partial charge on any atom is 0.189 e. The average molecular weight is 188 g/mol. The van der Waals surface area contributed by atoms with Gasteiger partial charge in [0.2, 0.25) is 0 Å². The Hall–Kier alpha value is 0.0200. The second kappa shape index (κ2) is 3.82. The summed E-state index contributed by atoms with van der Waals surface area (Å²) < 4.78 is 0.0579. The van der Waals surface area contributed by atoms with Crippen molar-refractivity contribution >= 4 is 16.9 Å². The van der Waals surface area contributed by atoms with Crippen molar-refractivity contribution in [3.63, 3.8) is 0 Å².